The number of aromatic amines is 1. The van der Waals surface area contributed by atoms with Crippen LogP contribution in [-0.2, 0) is 0 Å². The Balaban J connectivity index is 1.46. The van der Waals surface area contributed by atoms with E-state index in [0.29, 0.717) is 26.4 Å². The van der Waals surface area contributed by atoms with Gasteiger partial charge in [-0.3, -0.25) is 0 Å². The third kappa shape index (κ3) is 2.73. The van der Waals surface area contributed by atoms with E-state index in [9.17, 15) is 0 Å². The third-order valence-electron chi connectivity index (χ3n) is 5.82. The molecule has 160 valence electrons. The molecule has 0 fully saturated rings. The summed E-state index contributed by atoms with van der Waals surface area (Å²) in [6.07, 6.45) is 8.40. The van der Waals surface area contributed by atoms with Crippen LogP contribution in [0.15, 0.2) is 47.2 Å². The summed E-state index contributed by atoms with van der Waals surface area (Å²) in [5.74, 6) is 4.31. The molecule has 1 aliphatic carbocycles. The van der Waals surface area contributed by atoms with Crippen molar-refractivity contribution < 1.29 is 18.9 Å². The SMILES string of the molecule is C1=CC(c2nc3c(-c4scc5c4OCCO5)ccc(-c4scc5c4OCCO5)c3[nH]2)C=C1. The Morgan fingerprint density at radius 2 is 1.38 bits per heavy atom. The Labute approximate surface area is 191 Å². The number of imidazole rings is 1. The van der Waals surface area contributed by atoms with Crippen LogP contribution < -0.4 is 18.9 Å². The first kappa shape index (κ1) is 18.4. The van der Waals surface area contributed by atoms with Gasteiger partial charge in [-0.15, -0.1) is 22.7 Å². The first-order valence-corrected chi connectivity index (χ1v) is 12.3. The van der Waals surface area contributed by atoms with Gasteiger partial charge in [0, 0.05) is 21.9 Å². The molecule has 4 aromatic rings. The van der Waals surface area contributed by atoms with Gasteiger partial charge in [0.05, 0.1) is 26.7 Å². The van der Waals surface area contributed by atoms with E-state index in [4.69, 9.17) is 23.9 Å². The van der Waals surface area contributed by atoms with Gasteiger partial charge in [0.2, 0.25) is 0 Å². The molecule has 0 spiro atoms. The summed E-state index contributed by atoms with van der Waals surface area (Å²) in [6.45, 7) is 2.27. The monoisotopic (exact) mass is 462 g/mol. The molecule has 3 aromatic heterocycles. The predicted molar refractivity (Wildman–Crippen MR) is 126 cm³/mol. The summed E-state index contributed by atoms with van der Waals surface area (Å²) in [4.78, 5) is 10.8. The zero-order valence-corrected chi connectivity index (χ0v) is 18.6. The molecule has 0 saturated carbocycles. The molecule has 1 aromatic carbocycles. The zero-order chi connectivity index (χ0) is 21.1. The molecule has 6 nitrogen and oxygen atoms in total. The van der Waals surface area contributed by atoms with Crippen molar-refractivity contribution in [2.24, 2.45) is 0 Å². The van der Waals surface area contributed by atoms with Crippen molar-refractivity contribution in [3.05, 3.63) is 53.0 Å². The summed E-state index contributed by atoms with van der Waals surface area (Å²) in [5, 5.41) is 4.03. The molecular formula is C24H18N2O4S2. The fourth-order valence-corrected chi connectivity index (χ4v) is 6.27. The minimum atomic E-state index is 0.136. The second-order valence-electron chi connectivity index (χ2n) is 7.71. The standard InChI is InChI=1S/C24H18N2O4S2/c1-2-4-13(3-1)24-25-18-14(22-20-16(11-31-22)27-7-9-29-20)5-6-15(19(18)26-24)23-21-17(12-32-23)28-8-10-30-21/h1-6,11-13H,7-10H2,(H,25,26). The summed E-state index contributed by atoms with van der Waals surface area (Å²) >= 11 is 3.26. The predicted octanol–water partition coefficient (Wildman–Crippen LogP) is 5.77. The van der Waals surface area contributed by atoms with Crippen molar-refractivity contribution >= 4 is 33.7 Å². The van der Waals surface area contributed by atoms with Gasteiger partial charge in [-0.25, -0.2) is 4.98 Å². The first-order valence-electron chi connectivity index (χ1n) is 10.5. The molecule has 0 unspecified atom stereocenters. The van der Waals surface area contributed by atoms with Crippen LogP contribution in [0.4, 0.5) is 0 Å². The van der Waals surface area contributed by atoms with Crippen molar-refractivity contribution in [3.63, 3.8) is 0 Å². The largest absolute Gasteiger partial charge is 0.485 e. The molecule has 0 radical (unpaired) electrons. The number of benzene rings is 1. The van der Waals surface area contributed by atoms with Gasteiger partial charge in [-0.05, 0) is 0 Å². The van der Waals surface area contributed by atoms with E-state index in [1.54, 1.807) is 22.7 Å². The molecule has 1 N–H and O–H groups in total. The van der Waals surface area contributed by atoms with E-state index in [1.165, 1.54) is 0 Å². The van der Waals surface area contributed by atoms with Crippen LogP contribution in [0.5, 0.6) is 23.0 Å². The lowest BCUT2D eigenvalue weighted by atomic mass is 10.0. The van der Waals surface area contributed by atoms with Crippen molar-refractivity contribution in [3.8, 4) is 43.9 Å². The van der Waals surface area contributed by atoms with Gasteiger partial charge >= 0.3 is 0 Å². The third-order valence-corrected chi connectivity index (χ3v) is 7.76. The molecule has 0 saturated heterocycles. The number of nitrogens with zero attached hydrogens (tertiary/aromatic N) is 1. The van der Waals surface area contributed by atoms with Gasteiger partial charge in [0.25, 0.3) is 0 Å². The molecule has 0 bridgehead atoms. The van der Waals surface area contributed by atoms with E-state index in [1.807, 2.05) is 10.8 Å². The van der Waals surface area contributed by atoms with Gasteiger partial charge < -0.3 is 23.9 Å². The second-order valence-corrected chi connectivity index (χ2v) is 9.47. The normalized spacial score (nSPS) is 16.9. The molecule has 0 amide bonds. The first-order chi connectivity index (χ1) is 15.9. The number of aromatic nitrogens is 2. The highest BCUT2D eigenvalue weighted by atomic mass is 32.1. The van der Waals surface area contributed by atoms with Crippen molar-refractivity contribution in [2.75, 3.05) is 26.4 Å². The molecule has 7 rings (SSSR count). The number of thiophene rings is 2. The fourth-order valence-electron chi connectivity index (χ4n) is 4.35. The van der Waals surface area contributed by atoms with Crippen LogP contribution in [0.1, 0.15) is 11.7 Å². The maximum Gasteiger partial charge on any atom is 0.180 e. The average Bonchev–Trinajstić information content (AvgIpc) is 3.63. The number of allylic oxidation sites excluding steroid dienone is 4. The van der Waals surface area contributed by atoms with Gasteiger partial charge in [-0.1, -0.05) is 36.4 Å². The number of ether oxygens (including phenoxy) is 4. The highest BCUT2D eigenvalue weighted by molar-refractivity contribution is 7.15. The number of hydrogen-bond donors (Lipinski definition) is 1. The van der Waals surface area contributed by atoms with Crippen LogP contribution >= 0.6 is 22.7 Å². The van der Waals surface area contributed by atoms with Crippen LogP contribution in [0, 0.1) is 0 Å². The molecule has 32 heavy (non-hydrogen) atoms. The Morgan fingerprint density at radius 3 is 2.06 bits per heavy atom. The summed E-state index contributed by atoms with van der Waals surface area (Å²) in [5.41, 5.74) is 4.01. The summed E-state index contributed by atoms with van der Waals surface area (Å²) in [7, 11) is 0. The van der Waals surface area contributed by atoms with E-state index in [0.717, 1.165) is 60.7 Å². The van der Waals surface area contributed by atoms with Crippen molar-refractivity contribution in [1.29, 1.82) is 0 Å². The second kappa shape index (κ2) is 7.15. The van der Waals surface area contributed by atoms with Crippen LogP contribution in [-0.4, -0.2) is 36.4 Å². The fraction of sp³-hybridized carbons (Fsp3) is 0.208. The van der Waals surface area contributed by atoms with Crippen LogP contribution in [0.3, 0.4) is 0 Å². The lowest BCUT2D eigenvalue weighted by Crippen LogP contribution is -2.14. The number of rotatable bonds is 3. The maximum absolute atomic E-state index is 5.98. The topological polar surface area (TPSA) is 65.6 Å². The molecule has 0 atom stereocenters. The highest BCUT2D eigenvalue weighted by Crippen LogP contribution is 2.51. The summed E-state index contributed by atoms with van der Waals surface area (Å²) < 4.78 is 23.5. The maximum atomic E-state index is 5.98. The molecular weight excluding hydrogens is 444 g/mol. The van der Waals surface area contributed by atoms with E-state index >= 15 is 0 Å². The number of nitrogens with one attached hydrogen (secondary N) is 1. The van der Waals surface area contributed by atoms with Crippen LogP contribution in [0.2, 0.25) is 0 Å². The van der Waals surface area contributed by atoms with Crippen molar-refractivity contribution in [2.45, 2.75) is 5.92 Å². The highest BCUT2D eigenvalue weighted by Gasteiger charge is 2.27. The minimum absolute atomic E-state index is 0.136. The van der Waals surface area contributed by atoms with E-state index in [-0.39, 0.29) is 5.92 Å². The molecule has 3 aliphatic rings. The molecule has 8 heteroatoms. The molecule has 5 heterocycles. The number of hydrogen-bond acceptors (Lipinski definition) is 7. The Kier molecular flexibility index (Phi) is 4.10. The average molecular weight is 463 g/mol. The molecule has 2 aliphatic heterocycles. The Bertz CT molecular complexity index is 1310. The lowest BCUT2D eigenvalue weighted by molar-refractivity contribution is 0.174. The Hall–Kier alpha value is -3.23. The zero-order valence-electron chi connectivity index (χ0n) is 16.9. The minimum Gasteiger partial charge on any atom is -0.485 e. The summed E-state index contributed by atoms with van der Waals surface area (Å²) in [6, 6.07) is 4.27. The van der Waals surface area contributed by atoms with Crippen LogP contribution in [0.25, 0.3) is 31.9 Å². The smallest absolute Gasteiger partial charge is 0.180 e. The Morgan fingerprint density at radius 1 is 0.781 bits per heavy atom. The number of H-pyrrole nitrogens is 1. The van der Waals surface area contributed by atoms with E-state index in [2.05, 4.69) is 41.4 Å². The van der Waals surface area contributed by atoms with Gasteiger partial charge in [0.1, 0.15) is 32.3 Å². The number of fused-ring (bicyclic) bond motifs is 3. The van der Waals surface area contributed by atoms with Gasteiger partial charge in [-0.2, -0.15) is 0 Å². The van der Waals surface area contributed by atoms with Crippen molar-refractivity contribution in [1.82, 2.24) is 9.97 Å². The quantitative estimate of drug-likeness (QED) is 0.419. The van der Waals surface area contributed by atoms with E-state index < -0.39 is 0 Å². The van der Waals surface area contributed by atoms with Gasteiger partial charge in [0.15, 0.2) is 23.0 Å². The lowest BCUT2D eigenvalue weighted by Gasteiger charge is -2.17.